The monoisotopic (exact) mass is 439 g/mol. The Morgan fingerprint density at radius 3 is 1.82 bits per heavy atom. The van der Waals surface area contributed by atoms with E-state index in [0.29, 0.717) is 0 Å². The minimum absolute atomic E-state index is 0.167. The zero-order chi connectivity index (χ0) is 24.4. The van der Waals surface area contributed by atoms with Gasteiger partial charge in [0.05, 0.1) is 11.2 Å². The number of ketones is 1. The molecule has 0 aliphatic heterocycles. The Hall–Kier alpha value is -3.56. The topological polar surface area (TPSA) is 50.2 Å². The highest BCUT2D eigenvalue weighted by Gasteiger charge is 2.08. The molecule has 0 saturated carbocycles. The summed E-state index contributed by atoms with van der Waals surface area (Å²) in [6.45, 7) is 11.4. The third kappa shape index (κ3) is 6.96. The van der Waals surface area contributed by atoms with Gasteiger partial charge in [0.15, 0.2) is 0 Å². The summed E-state index contributed by atoms with van der Waals surface area (Å²) in [4.78, 5) is 14.3. The molecule has 1 aromatic heterocycles. The van der Waals surface area contributed by atoms with Crippen molar-refractivity contribution < 1.29 is 9.90 Å². The first-order chi connectivity index (χ1) is 15.9. The summed E-state index contributed by atoms with van der Waals surface area (Å²) in [6.07, 6.45) is 1.07. The second kappa shape index (κ2) is 12.5. The molecule has 0 amide bonds. The van der Waals surface area contributed by atoms with Gasteiger partial charge in [0.2, 0.25) is 0 Å². The van der Waals surface area contributed by atoms with Crippen LogP contribution >= 0.6 is 0 Å². The fourth-order valence-electron chi connectivity index (χ4n) is 3.44. The summed E-state index contributed by atoms with van der Waals surface area (Å²) >= 11 is 0. The molecule has 0 spiro atoms. The highest BCUT2D eigenvalue weighted by Crippen LogP contribution is 2.30. The largest absolute Gasteiger partial charge is 0.400 e. The van der Waals surface area contributed by atoms with E-state index < -0.39 is 0 Å². The number of nitrogens with zero attached hydrogens (tertiary/aromatic N) is 1. The standard InChI is InChI=1S/C26H23N.C3H6O.CH4O/c1-4-19-9-11-20(12-10-19)21-13-15-22(16-14-21)26-17-24(18(2)3)23-7-5-6-8-25(23)27-26;1-3(2)4;1-2/h5-17H,2,4H2,1,3H3;1-2H3;2H,1H3. The minimum Gasteiger partial charge on any atom is -0.400 e. The average molecular weight is 440 g/mol. The van der Waals surface area contributed by atoms with E-state index in [4.69, 9.17) is 10.1 Å². The minimum atomic E-state index is 0.167. The van der Waals surface area contributed by atoms with Gasteiger partial charge in [-0.2, -0.15) is 0 Å². The zero-order valence-corrected chi connectivity index (χ0v) is 20.2. The van der Waals surface area contributed by atoms with E-state index in [9.17, 15) is 4.79 Å². The number of carbonyl (C=O) groups is 1. The van der Waals surface area contributed by atoms with Crippen LogP contribution in [0.3, 0.4) is 0 Å². The lowest BCUT2D eigenvalue weighted by Crippen LogP contribution is -1.91. The summed E-state index contributed by atoms with van der Waals surface area (Å²) in [5.41, 5.74) is 9.17. The Morgan fingerprint density at radius 2 is 1.30 bits per heavy atom. The molecular formula is C30H33NO2. The molecule has 0 unspecified atom stereocenters. The van der Waals surface area contributed by atoms with Gasteiger partial charge in [-0.15, -0.1) is 0 Å². The van der Waals surface area contributed by atoms with Crippen LogP contribution in [0.2, 0.25) is 0 Å². The number of hydrogen-bond acceptors (Lipinski definition) is 3. The van der Waals surface area contributed by atoms with Crippen LogP contribution in [0.15, 0.2) is 85.4 Å². The van der Waals surface area contributed by atoms with Gasteiger partial charge in [-0.3, -0.25) is 0 Å². The van der Waals surface area contributed by atoms with E-state index >= 15 is 0 Å². The summed E-state index contributed by atoms with van der Waals surface area (Å²) < 4.78 is 0. The Morgan fingerprint density at radius 1 is 0.818 bits per heavy atom. The van der Waals surface area contributed by atoms with E-state index in [2.05, 4.69) is 93.2 Å². The number of Topliss-reactive ketones (excluding diaryl/α,β-unsaturated/α-hetero) is 1. The number of benzene rings is 3. The SMILES string of the molecule is C=C(C)c1cc(-c2ccc(-c3ccc(CC)cc3)cc2)nc2ccccc12.CC(C)=O.CO. The molecule has 0 fully saturated rings. The maximum absolute atomic E-state index is 9.44. The van der Waals surface area contributed by atoms with Gasteiger partial charge in [0, 0.05) is 18.1 Å². The van der Waals surface area contributed by atoms with Crippen molar-refractivity contribution in [2.24, 2.45) is 0 Å². The van der Waals surface area contributed by atoms with Crippen molar-refractivity contribution in [2.45, 2.75) is 34.1 Å². The molecule has 33 heavy (non-hydrogen) atoms. The molecule has 0 aliphatic rings. The van der Waals surface area contributed by atoms with Crippen molar-refractivity contribution in [1.82, 2.24) is 4.98 Å². The average Bonchev–Trinajstić information content (AvgIpc) is 2.84. The Kier molecular flexibility index (Phi) is 9.71. The number of fused-ring (bicyclic) bond motifs is 1. The molecule has 4 rings (SSSR count). The molecule has 0 saturated heterocycles. The predicted octanol–water partition coefficient (Wildman–Crippen LogP) is 7.37. The fraction of sp³-hybridized carbons (Fsp3) is 0.200. The molecule has 3 nitrogen and oxygen atoms in total. The second-order valence-corrected chi connectivity index (χ2v) is 7.89. The molecule has 170 valence electrons. The lowest BCUT2D eigenvalue weighted by atomic mass is 9.98. The lowest BCUT2D eigenvalue weighted by molar-refractivity contribution is -0.114. The summed E-state index contributed by atoms with van der Waals surface area (Å²) in [5, 5.41) is 8.15. The first-order valence-electron chi connectivity index (χ1n) is 11.1. The van der Waals surface area contributed by atoms with Crippen molar-refractivity contribution in [2.75, 3.05) is 7.11 Å². The van der Waals surface area contributed by atoms with Crippen molar-refractivity contribution in [1.29, 1.82) is 0 Å². The number of aromatic nitrogens is 1. The molecule has 1 heterocycles. The first kappa shape index (κ1) is 25.7. The van der Waals surface area contributed by atoms with Crippen LogP contribution in [-0.4, -0.2) is 23.0 Å². The maximum Gasteiger partial charge on any atom is 0.126 e. The highest BCUT2D eigenvalue weighted by molar-refractivity contribution is 5.93. The maximum atomic E-state index is 9.44. The normalized spacial score (nSPS) is 9.88. The van der Waals surface area contributed by atoms with Crippen LogP contribution in [0.4, 0.5) is 0 Å². The smallest absolute Gasteiger partial charge is 0.126 e. The van der Waals surface area contributed by atoms with E-state index in [-0.39, 0.29) is 5.78 Å². The number of para-hydroxylation sites is 1. The lowest BCUT2D eigenvalue weighted by Gasteiger charge is -2.10. The number of aliphatic hydroxyl groups excluding tert-OH is 1. The first-order valence-corrected chi connectivity index (χ1v) is 11.1. The van der Waals surface area contributed by atoms with Crippen LogP contribution in [0.5, 0.6) is 0 Å². The van der Waals surface area contributed by atoms with Gasteiger partial charge in [-0.1, -0.05) is 85.8 Å². The van der Waals surface area contributed by atoms with Crippen molar-refractivity contribution in [3.8, 4) is 22.4 Å². The number of allylic oxidation sites excluding steroid dienone is 1. The molecule has 0 radical (unpaired) electrons. The molecule has 0 aliphatic carbocycles. The van der Waals surface area contributed by atoms with Crippen molar-refractivity contribution in [3.05, 3.63) is 96.6 Å². The van der Waals surface area contributed by atoms with E-state index in [1.165, 1.54) is 30.5 Å². The Labute approximate surface area is 197 Å². The predicted molar refractivity (Wildman–Crippen MR) is 141 cm³/mol. The number of aliphatic hydroxyl groups is 1. The van der Waals surface area contributed by atoms with Crippen LogP contribution in [-0.2, 0) is 11.2 Å². The third-order valence-electron chi connectivity index (χ3n) is 5.05. The van der Waals surface area contributed by atoms with Gasteiger partial charge in [0.1, 0.15) is 5.78 Å². The Balaban J connectivity index is 0.000000582. The van der Waals surface area contributed by atoms with Crippen molar-refractivity contribution in [3.63, 3.8) is 0 Å². The number of aryl methyl sites for hydroxylation is 1. The summed E-state index contributed by atoms with van der Waals surface area (Å²) in [7, 11) is 1.00. The van der Waals surface area contributed by atoms with Crippen LogP contribution in [0.1, 0.15) is 38.8 Å². The molecule has 0 bridgehead atoms. The van der Waals surface area contributed by atoms with Crippen LogP contribution < -0.4 is 0 Å². The van der Waals surface area contributed by atoms with E-state index in [1.54, 1.807) is 0 Å². The number of hydrogen-bond donors (Lipinski definition) is 1. The van der Waals surface area contributed by atoms with Crippen LogP contribution in [0.25, 0.3) is 38.9 Å². The molecule has 3 heteroatoms. The Bertz CT molecular complexity index is 1200. The molecule has 1 N–H and O–H groups in total. The summed E-state index contributed by atoms with van der Waals surface area (Å²) in [6, 6.07) is 27.9. The zero-order valence-electron chi connectivity index (χ0n) is 20.2. The molecule has 4 aromatic rings. The molecule has 3 aromatic carbocycles. The molecular weight excluding hydrogens is 406 g/mol. The van der Waals surface area contributed by atoms with Crippen LogP contribution in [0, 0.1) is 0 Å². The van der Waals surface area contributed by atoms with Gasteiger partial charge in [0.25, 0.3) is 0 Å². The van der Waals surface area contributed by atoms with Crippen molar-refractivity contribution >= 4 is 22.3 Å². The summed E-state index contributed by atoms with van der Waals surface area (Å²) in [5.74, 6) is 0.167. The number of rotatable bonds is 4. The molecule has 0 atom stereocenters. The van der Waals surface area contributed by atoms with E-state index in [1.807, 2.05) is 6.07 Å². The van der Waals surface area contributed by atoms with Gasteiger partial charge >= 0.3 is 0 Å². The number of pyridine rings is 1. The van der Waals surface area contributed by atoms with Gasteiger partial charge in [-0.25, -0.2) is 4.98 Å². The fourth-order valence-corrected chi connectivity index (χ4v) is 3.44. The van der Waals surface area contributed by atoms with E-state index in [0.717, 1.165) is 46.8 Å². The van der Waals surface area contributed by atoms with Gasteiger partial charge < -0.3 is 9.90 Å². The number of carbonyl (C=O) groups excluding carboxylic acids is 1. The highest BCUT2D eigenvalue weighted by atomic mass is 16.2. The van der Waals surface area contributed by atoms with Gasteiger partial charge in [-0.05, 0) is 61.6 Å². The quantitative estimate of drug-likeness (QED) is 0.361. The second-order valence-electron chi connectivity index (χ2n) is 7.89. The third-order valence-corrected chi connectivity index (χ3v) is 5.05.